The van der Waals surface area contributed by atoms with Crippen LogP contribution in [0.1, 0.15) is 0 Å². The third-order valence-corrected chi connectivity index (χ3v) is 12.4. The lowest BCUT2D eigenvalue weighted by Crippen LogP contribution is -1.97. The summed E-state index contributed by atoms with van der Waals surface area (Å²) >= 11 is 0. The highest BCUT2D eigenvalue weighted by molar-refractivity contribution is 6.19. The first-order chi connectivity index (χ1) is 29.2. The van der Waals surface area contributed by atoms with Crippen LogP contribution in [0.5, 0.6) is 0 Å². The Balaban J connectivity index is 1.07. The van der Waals surface area contributed by atoms with Gasteiger partial charge in [0.15, 0.2) is 0 Å². The minimum atomic E-state index is 0.884. The molecule has 3 heteroatoms. The quantitative estimate of drug-likeness (QED) is 0.168. The molecule has 3 nitrogen and oxygen atoms in total. The lowest BCUT2D eigenvalue weighted by molar-refractivity contribution is 0.668. The maximum atomic E-state index is 6.43. The summed E-state index contributed by atoms with van der Waals surface area (Å²) in [6.07, 6.45) is 0. The van der Waals surface area contributed by atoms with Crippen LogP contribution in [0, 0.1) is 0 Å². The number of benzene rings is 10. The van der Waals surface area contributed by atoms with Gasteiger partial charge in [-0.2, -0.15) is 0 Å². The van der Waals surface area contributed by atoms with Crippen LogP contribution in [0.3, 0.4) is 0 Å². The van der Waals surface area contributed by atoms with Crippen LogP contribution in [-0.2, 0) is 0 Å². The van der Waals surface area contributed by atoms with E-state index in [0.29, 0.717) is 0 Å². The van der Waals surface area contributed by atoms with Gasteiger partial charge in [-0.05, 0) is 98.4 Å². The van der Waals surface area contributed by atoms with Gasteiger partial charge in [-0.3, -0.25) is 0 Å². The molecule has 13 aromatic rings. The first kappa shape index (κ1) is 32.2. The molecule has 0 bridgehead atoms. The summed E-state index contributed by atoms with van der Waals surface area (Å²) in [6, 6.07) is 72.2. The Morgan fingerprint density at radius 2 is 0.729 bits per heavy atom. The molecule has 0 N–H and O–H groups in total. The monoisotopic (exact) mass is 751 g/mol. The van der Waals surface area contributed by atoms with Crippen LogP contribution in [0.4, 0.5) is 0 Å². The normalized spacial score (nSPS) is 12.1. The van der Waals surface area contributed by atoms with Crippen molar-refractivity contribution in [2.45, 2.75) is 0 Å². The molecule has 0 fully saturated rings. The highest BCUT2D eigenvalue weighted by atomic mass is 16.3. The van der Waals surface area contributed by atoms with Crippen molar-refractivity contribution in [2.24, 2.45) is 0 Å². The fourth-order valence-corrected chi connectivity index (χ4v) is 9.71. The van der Waals surface area contributed by atoms with Crippen LogP contribution >= 0.6 is 0 Å². The molecule has 0 spiro atoms. The molecule has 59 heavy (non-hydrogen) atoms. The summed E-state index contributed by atoms with van der Waals surface area (Å²) in [7, 11) is 0. The predicted octanol–water partition coefficient (Wildman–Crippen LogP) is 15.9. The molecule has 3 heterocycles. The standard InChI is InChI=1S/C56H33NO2/c1-2-12-39-35(11-1)31-50(43-14-4-3-13-42(39)43)34-23-27-38(28-24-34)57-55-40(36-25-29-46-44-15-5-7-21-51(44)58-53(46)32-36)17-9-19-48(55)49-20-10-18-41(56(49)57)37-26-30-47-45-16-6-8-22-52(45)59-54(47)33-37/h1-33H. The van der Waals surface area contributed by atoms with Gasteiger partial charge in [0.2, 0.25) is 0 Å². The van der Waals surface area contributed by atoms with Crippen LogP contribution in [0.15, 0.2) is 209 Å². The zero-order valence-electron chi connectivity index (χ0n) is 31.8. The van der Waals surface area contributed by atoms with E-state index in [1.165, 1.54) is 43.4 Å². The smallest absolute Gasteiger partial charge is 0.136 e. The van der Waals surface area contributed by atoms with Crippen molar-refractivity contribution in [3.63, 3.8) is 0 Å². The van der Waals surface area contributed by atoms with Gasteiger partial charge in [0.25, 0.3) is 0 Å². The molecule has 0 unspecified atom stereocenters. The molecule has 0 aliphatic carbocycles. The second-order valence-electron chi connectivity index (χ2n) is 15.6. The summed E-state index contributed by atoms with van der Waals surface area (Å²) in [5.41, 5.74) is 13.9. The molecule has 0 saturated carbocycles. The predicted molar refractivity (Wildman–Crippen MR) is 247 cm³/mol. The number of rotatable bonds is 4. The van der Waals surface area contributed by atoms with Crippen molar-refractivity contribution in [3.05, 3.63) is 200 Å². The Labute approximate surface area is 338 Å². The van der Waals surface area contributed by atoms with E-state index in [9.17, 15) is 0 Å². The van der Waals surface area contributed by atoms with Crippen molar-refractivity contribution < 1.29 is 8.83 Å². The number of hydrogen-bond donors (Lipinski definition) is 0. The van der Waals surface area contributed by atoms with Crippen LogP contribution < -0.4 is 0 Å². The number of nitrogens with zero attached hydrogens (tertiary/aromatic N) is 1. The van der Waals surface area contributed by atoms with Gasteiger partial charge in [0, 0.05) is 49.1 Å². The van der Waals surface area contributed by atoms with E-state index >= 15 is 0 Å². The van der Waals surface area contributed by atoms with Crippen molar-refractivity contribution in [1.29, 1.82) is 0 Å². The Morgan fingerprint density at radius 1 is 0.271 bits per heavy atom. The van der Waals surface area contributed by atoms with Crippen LogP contribution in [0.25, 0.3) is 126 Å². The summed E-state index contributed by atoms with van der Waals surface area (Å²) in [6.45, 7) is 0. The summed E-state index contributed by atoms with van der Waals surface area (Å²) < 4.78 is 15.3. The fourth-order valence-electron chi connectivity index (χ4n) is 9.71. The van der Waals surface area contributed by atoms with Crippen molar-refractivity contribution in [1.82, 2.24) is 4.57 Å². The second kappa shape index (κ2) is 12.3. The van der Waals surface area contributed by atoms with Crippen molar-refractivity contribution >= 4 is 87.2 Å². The highest BCUT2D eigenvalue weighted by Gasteiger charge is 2.21. The maximum absolute atomic E-state index is 6.43. The Bertz CT molecular complexity index is 3670. The molecule has 0 atom stereocenters. The SMILES string of the molecule is c1ccc2c(c1)cc(-c1ccc(-n3c4c(-c5ccc6c(c5)oc5ccccc56)cccc4c4cccc(-c5ccc6c(c5)oc5ccccc56)c43)cc1)c1ccccc12. The third-order valence-electron chi connectivity index (χ3n) is 12.4. The van der Waals surface area contributed by atoms with E-state index in [0.717, 1.165) is 82.9 Å². The molecule has 13 rings (SSSR count). The average molecular weight is 752 g/mol. The summed E-state index contributed by atoms with van der Waals surface area (Å²) in [5.74, 6) is 0. The highest BCUT2D eigenvalue weighted by Crippen LogP contribution is 2.44. The van der Waals surface area contributed by atoms with E-state index in [1.807, 2.05) is 24.3 Å². The van der Waals surface area contributed by atoms with Crippen molar-refractivity contribution in [3.8, 4) is 39.1 Å². The lowest BCUT2D eigenvalue weighted by Gasteiger charge is -2.15. The first-order valence-corrected chi connectivity index (χ1v) is 20.2. The van der Waals surface area contributed by atoms with Crippen LogP contribution in [0.2, 0.25) is 0 Å². The molecule has 274 valence electrons. The van der Waals surface area contributed by atoms with Gasteiger partial charge >= 0.3 is 0 Å². The lowest BCUT2D eigenvalue weighted by atomic mass is 9.93. The Hall–Kier alpha value is -7.88. The summed E-state index contributed by atoms with van der Waals surface area (Å²) in [5, 5.41) is 11.9. The minimum absolute atomic E-state index is 0.884. The van der Waals surface area contributed by atoms with Crippen LogP contribution in [-0.4, -0.2) is 4.57 Å². The zero-order valence-corrected chi connectivity index (χ0v) is 31.8. The van der Waals surface area contributed by atoms with Gasteiger partial charge in [0.1, 0.15) is 22.3 Å². The van der Waals surface area contributed by atoms with E-state index in [1.54, 1.807) is 0 Å². The Kier molecular flexibility index (Phi) is 6.72. The molecule has 3 aromatic heterocycles. The average Bonchev–Trinajstić information content (AvgIpc) is 3.98. The second-order valence-corrected chi connectivity index (χ2v) is 15.6. The summed E-state index contributed by atoms with van der Waals surface area (Å²) in [4.78, 5) is 0. The molecule has 0 radical (unpaired) electrons. The molecule has 0 saturated heterocycles. The van der Waals surface area contributed by atoms with Gasteiger partial charge in [-0.25, -0.2) is 0 Å². The largest absolute Gasteiger partial charge is 0.456 e. The molecule has 0 amide bonds. The number of aromatic nitrogens is 1. The Morgan fingerprint density at radius 3 is 1.32 bits per heavy atom. The fraction of sp³-hybridized carbons (Fsp3) is 0. The topological polar surface area (TPSA) is 31.2 Å². The first-order valence-electron chi connectivity index (χ1n) is 20.2. The van der Waals surface area contributed by atoms with E-state index in [-0.39, 0.29) is 0 Å². The minimum Gasteiger partial charge on any atom is -0.456 e. The molecule has 0 aliphatic rings. The molecule has 0 aliphatic heterocycles. The zero-order chi connectivity index (χ0) is 38.6. The van der Waals surface area contributed by atoms with Gasteiger partial charge in [-0.15, -0.1) is 0 Å². The van der Waals surface area contributed by atoms with E-state index in [4.69, 9.17) is 8.83 Å². The molecule has 10 aromatic carbocycles. The number of hydrogen-bond acceptors (Lipinski definition) is 2. The number of fused-ring (bicyclic) bond motifs is 12. The van der Waals surface area contributed by atoms with Gasteiger partial charge < -0.3 is 13.4 Å². The van der Waals surface area contributed by atoms with E-state index < -0.39 is 0 Å². The molecular weight excluding hydrogens is 719 g/mol. The maximum Gasteiger partial charge on any atom is 0.136 e. The molecular formula is C56H33NO2. The van der Waals surface area contributed by atoms with E-state index in [2.05, 4.69) is 180 Å². The number of para-hydroxylation sites is 4. The van der Waals surface area contributed by atoms with Gasteiger partial charge in [-0.1, -0.05) is 146 Å². The van der Waals surface area contributed by atoms with Gasteiger partial charge in [0.05, 0.1) is 11.0 Å². The third kappa shape index (κ3) is 4.76. The van der Waals surface area contributed by atoms with Crippen molar-refractivity contribution in [2.75, 3.05) is 0 Å². The number of furan rings is 2.